The Kier molecular flexibility index (Phi) is 2.82. The van der Waals surface area contributed by atoms with Crippen molar-refractivity contribution in [3.63, 3.8) is 0 Å². The van der Waals surface area contributed by atoms with Gasteiger partial charge in [-0.25, -0.2) is 0 Å². The van der Waals surface area contributed by atoms with Crippen molar-refractivity contribution >= 4 is 5.69 Å². The Balaban J connectivity index is 1.85. The molecule has 0 amide bonds. The normalized spacial score (nSPS) is 16.6. The average molecular weight is 241 g/mol. The van der Waals surface area contributed by atoms with Crippen molar-refractivity contribution in [3.8, 4) is 0 Å². The lowest BCUT2D eigenvalue weighted by molar-refractivity contribution is 0.678. The van der Waals surface area contributed by atoms with Gasteiger partial charge < -0.3 is 5.32 Å². The van der Waals surface area contributed by atoms with Crippen LogP contribution in [0.5, 0.6) is 0 Å². The van der Waals surface area contributed by atoms with Crippen LogP contribution in [-0.2, 0) is 7.05 Å². The second-order valence-electron chi connectivity index (χ2n) is 5.17. The van der Waals surface area contributed by atoms with Gasteiger partial charge in [0.25, 0.3) is 0 Å². The van der Waals surface area contributed by atoms with E-state index in [1.165, 1.54) is 18.4 Å². The molecule has 94 valence electrons. The Labute approximate surface area is 108 Å². The Bertz CT molecular complexity index is 526. The molecule has 1 heterocycles. The maximum Gasteiger partial charge on any atom is 0.0825 e. The second-order valence-corrected chi connectivity index (χ2v) is 5.17. The predicted octanol–water partition coefficient (Wildman–Crippen LogP) is 3.29. The zero-order valence-corrected chi connectivity index (χ0v) is 10.9. The highest BCUT2D eigenvalue weighted by molar-refractivity contribution is 5.48. The Morgan fingerprint density at radius 2 is 2.00 bits per heavy atom. The van der Waals surface area contributed by atoms with Gasteiger partial charge in [-0.2, -0.15) is 5.10 Å². The first-order valence-electron chi connectivity index (χ1n) is 6.56. The van der Waals surface area contributed by atoms with Gasteiger partial charge in [-0.05, 0) is 31.2 Å². The summed E-state index contributed by atoms with van der Waals surface area (Å²) in [6, 6.07) is 11.1. The van der Waals surface area contributed by atoms with Gasteiger partial charge in [-0.1, -0.05) is 30.3 Å². The van der Waals surface area contributed by atoms with Crippen LogP contribution in [0, 0.1) is 12.8 Å². The number of hydrogen-bond donors (Lipinski definition) is 1. The summed E-state index contributed by atoms with van der Waals surface area (Å²) in [7, 11) is 1.97. The number of aromatic nitrogens is 2. The number of hydrogen-bond acceptors (Lipinski definition) is 2. The molecule has 1 unspecified atom stereocenters. The highest BCUT2D eigenvalue weighted by Gasteiger charge is 2.32. The highest BCUT2D eigenvalue weighted by atomic mass is 15.3. The van der Waals surface area contributed by atoms with Gasteiger partial charge in [0.1, 0.15) is 0 Å². The van der Waals surface area contributed by atoms with Crippen molar-refractivity contribution in [2.75, 3.05) is 5.32 Å². The lowest BCUT2D eigenvalue weighted by atomic mass is 10.0. The molecule has 3 nitrogen and oxygen atoms in total. The zero-order chi connectivity index (χ0) is 12.5. The Morgan fingerprint density at radius 3 is 2.56 bits per heavy atom. The molecule has 1 aliphatic rings. The quantitative estimate of drug-likeness (QED) is 0.890. The molecule has 0 aliphatic heterocycles. The van der Waals surface area contributed by atoms with Crippen LogP contribution in [0.1, 0.15) is 30.1 Å². The molecule has 1 atom stereocenters. The van der Waals surface area contributed by atoms with E-state index >= 15 is 0 Å². The molecule has 1 fully saturated rings. The zero-order valence-electron chi connectivity index (χ0n) is 10.9. The second kappa shape index (κ2) is 4.48. The van der Waals surface area contributed by atoms with E-state index in [0.29, 0.717) is 6.04 Å². The topological polar surface area (TPSA) is 29.9 Å². The molecule has 3 heteroatoms. The molecule has 0 saturated heterocycles. The van der Waals surface area contributed by atoms with Crippen LogP contribution in [0.15, 0.2) is 36.5 Å². The molecular weight excluding hydrogens is 222 g/mol. The number of aryl methyl sites for hydroxylation is 2. The average Bonchev–Trinajstić information content (AvgIpc) is 3.14. The first kappa shape index (κ1) is 11.3. The Hall–Kier alpha value is -1.77. The summed E-state index contributed by atoms with van der Waals surface area (Å²) < 4.78 is 1.87. The summed E-state index contributed by atoms with van der Waals surface area (Å²) in [6.45, 7) is 2.05. The van der Waals surface area contributed by atoms with Crippen molar-refractivity contribution < 1.29 is 0 Å². The van der Waals surface area contributed by atoms with Gasteiger partial charge in [-0.15, -0.1) is 0 Å². The predicted molar refractivity (Wildman–Crippen MR) is 73.5 cm³/mol. The van der Waals surface area contributed by atoms with E-state index in [9.17, 15) is 0 Å². The van der Waals surface area contributed by atoms with Crippen molar-refractivity contribution in [2.45, 2.75) is 25.8 Å². The van der Waals surface area contributed by atoms with E-state index in [2.05, 4.69) is 53.9 Å². The molecule has 0 bridgehead atoms. The van der Waals surface area contributed by atoms with Crippen LogP contribution in [0.25, 0.3) is 0 Å². The van der Waals surface area contributed by atoms with Crippen molar-refractivity contribution in [1.29, 1.82) is 0 Å². The smallest absolute Gasteiger partial charge is 0.0825 e. The fourth-order valence-corrected chi connectivity index (χ4v) is 2.47. The first-order valence-corrected chi connectivity index (χ1v) is 6.56. The van der Waals surface area contributed by atoms with Gasteiger partial charge >= 0.3 is 0 Å². The summed E-state index contributed by atoms with van der Waals surface area (Å²) in [5, 5.41) is 8.05. The molecule has 1 aliphatic carbocycles. The fourth-order valence-electron chi connectivity index (χ4n) is 2.47. The van der Waals surface area contributed by atoms with E-state index in [1.807, 2.05) is 11.7 Å². The number of rotatable bonds is 4. The largest absolute Gasteiger partial charge is 0.375 e. The monoisotopic (exact) mass is 241 g/mol. The number of nitrogens with one attached hydrogen (secondary N) is 1. The van der Waals surface area contributed by atoms with E-state index < -0.39 is 0 Å². The van der Waals surface area contributed by atoms with Crippen LogP contribution >= 0.6 is 0 Å². The minimum Gasteiger partial charge on any atom is -0.375 e. The lowest BCUT2D eigenvalue weighted by Crippen LogP contribution is -2.13. The summed E-state index contributed by atoms with van der Waals surface area (Å²) in [5.41, 5.74) is 3.60. The van der Waals surface area contributed by atoms with Crippen LogP contribution in [0.3, 0.4) is 0 Å². The van der Waals surface area contributed by atoms with Gasteiger partial charge in [0, 0.05) is 13.2 Å². The summed E-state index contributed by atoms with van der Waals surface area (Å²) in [6.07, 6.45) is 4.71. The van der Waals surface area contributed by atoms with Crippen LogP contribution in [-0.4, -0.2) is 9.78 Å². The van der Waals surface area contributed by atoms with Gasteiger partial charge in [0.15, 0.2) is 0 Å². The minimum atomic E-state index is 0.425. The van der Waals surface area contributed by atoms with Crippen molar-refractivity contribution in [1.82, 2.24) is 9.78 Å². The minimum absolute atomic E-state index is 0.425. The molecule has 1 saturated carbocycles. The molecule has 0 spiro atoms. The van der Waals surface area contributed by atoms with E-state index in [4.69, 9.17) is 0 Å². The molecule has 3 rings (SSSR count). The third-order valence-electron chi connectivity index (χ3n) is 3.58. The Morgan fingerprint density at radius 1 is 1.28 bits per heavy atom. The molecule has 18 heavy (non-hydrogen) atoms. The van der Waals surface area contributed by atoms with Crippen LogP contribution < -0.4 is 5.32 Å². The summed E-state index contributed by atoms with van der Waals surface area (Å²) in [5.74, 6) is 0.770. The van der Waals surface area contributed by atoms with E-state index in [-0.39, 0.29) is 0 Å². The molecule has 1 aromatic carbocycles. The maximum atomic E-state index is 4.39. The highest BCUT2D eigenvalue weighted by Crippen LogP contribution is 2.43. The van der Waals surface area contributed by atoms with Crippen LogP contribution in [0.2, 0.25) is 0 Å². The van der Waals surface area contributed by atoms with Crippen LogP contribution in [0.4, 0.5) is 5.69 Å². The molecular formula is C15H19N3. The van der Waals surface area contributed by atoms with Gasteiger partial charge in [0.2, 0.25) is 0 Å². The molecule has 1 N–H and O–H groups in total. The number of nitrogens with zero attached hydrogens (tertiary/aromatic N) is 2. The molecule has 0 radical (unpaired) electrons. The van der Waals surface area contributed by atoms with E-state index in [0.717, 1.165) is 17.3 Å². The standard InChI is InChI=1S/C15H19N3/c1-11-14(10-18(2)17-11)16-15(13-8-9-13)12-6-4-3-5-7-12/h3-7,10,13,15-16H,8-9H2,1-2H3. The fraction of sp³-hybridized carbons (Fsp3) is 0.400. The van der Waals surface area contributed by atoms with Gasteiger partial charge in [0.05, 0.1) is 17.4 Å². The van der Waals surface area contributed by atoms with Crippen molar-refractivity contribution in [3.05, 3.63) is 47.8 Å². The number of benzene rings is 1. The summed E-state index contributed by atoms with van der Waals surface area (Å²) >= 11 is 0. The summed E-state index contributed by atoms with van der Waals surface area (Å²) in [4.78, 5) is 0. The number of anilines is 1. The van der Waals surface area contributed by atoms with Crippen molar-refractivity contribution in [2.24, 2.45) is 13.0 Å². The van der Waals surface area contributed by atoms with E-state index in [1.54, 1.807) is 0 Å². The molecule has 2 aromatic rings. The third-order valence-corrected chi connectivity index (χ3v) is 3.58. The third kappa shape index (κ3) is 2.26. The SMILES string of the molecule is Cc1nn(C)cc1NC(c1ccccc1)C1CC1. The van der Waals surface area contributed by atoms with Gasteiger partial charge in [-0.3, -0.25) is 4.68 Å². The maximum absolute atomic E-state index is 4.39. The lowest BCUT2D eigenvalue weighted by Gasteiger charge is -2.19. The molecule has 1 aromatic heterocycles. The first-order chi connectivity index (χ1) is 8.74.